The van der Waals surface area contributed by atoms with Crippen LogP contribution < -0.4 is 10.2 Å². The first-order valence-electron chi connectivity index (χ1n) is 13.3. The molecule has 1 fully saturated rings. The van der Waals surface area contributed by atoms with Crippen LogP contribution in [0, 0.1) is 19.7 Å². The van der Waals surface area contributed by atoms with Crippen molar-refractivity contribution in [3.05, 3.63) is 77.4 Å². The van der Waals surface area contributed by atoms with Crippen molar-refractivity contribution in [2.45, 2.75) is 63.2 Å². The van der Waals surface area contributed by atoms with Gasteiger partial charge < -0.3 is 15.1 Å². The third-order valence-electron chi connectivity index (χ3n) is 7.10. The van der Waals surface area contributed by atoms with E-state index in [9.17, 15) is 14.0 Å². The van der Waals surface area contributed by atoms with E-state index in [1.54, 1.807) is 17.0 Å². The Kier molecular flexibility index (Phi) is 9.22. The molecular formula is C30H36FN5O2S. The predicted molar refractivity (Wildman–Crippen MR) is 154 cm³/mol. The number of thioether (sulfide) groups is 1. The van der Waals surface area contributed by atoms with Gasteiger partial charge in [-0.15, -0.1) is 0 Å². The Morgan fingerprint density at radius 2 is 1.56 bits per heavy atom. The monoisotopic (exact) mass is 549 g/mol. The molecule has 0 radical (unpaired) electrons. The van der Waals surface area contributed by atoms with Gasteiger partial charge in [-0.1, -0.05) is 43.2 Å². The Balaban J connectivity index is 1.64. The third-order valence-corrected chi connectivity index (χ3v) is 7.94. The lowest BCUT2D eigenvalue weighted by Gasteiger charge is -2.45. The molecule has 1 aliphatic rings. The average Bonchev–Trinajstić information content (AvgIpc) is 2.91. The molecule has 0 spiro atoms. The Morgan fingerprint density at radius 3 is 2.15 bits per heavy atom. The van der Waals surface area contributed by atoms with Gasteiger partial charge in [0.25, 0.3) is 0 Å². The first kappa shape index (κ1) is 28.5. The van der Waals surface area contributed by atoms with Crippen LogP contribution in [0.4, 0.5) is 15.8 Å². The molecule has 0 bridgehead atoms. The minimum atomic E-state index is -1.02. The van der Waals surface area contributed by atoms with Gasteiger partial charge in [-0.25, -0.2) is 14.4 Å². The largest absolute Gasteiger partial charge is 0.378 e. The van der Waals surface area contributed by atoms with Gasteiger partial charge in [-0.05, 0) is 74.7 Å². The number of nitrogens with zero attached hydrogens (tertiary/aromatic N) is 4. The molecule has 0 saturated heterocycles. The number of aryl methyl sites for hydroxylation is 2. The number of hydrogen-bond acceptors (Lipinski definition) is 6. The predicted octanol–water partition coefficient (Wildman–Crippen LogP) is 5.76. The molecular weight excluding hydrogens is 513 g/mol. The lowest BCUT2D eigenvalue weighted by Crippen LogP contribution is -2.60. The van der Waals surface area contributed by atoms with Crippen molar-refractivity contribution in [1.29, 1.82) is 0 Å². The zero-order valence-corrected chi connectivity index (χ0v) is 23.9. The van der Waals surface area contributed by atoms with Crippen molar-refractivity contribution in [2.75, 3.05) is 30.1 Å². The topological polar surface area (TPSA) is 78.4 Å². The fraction of sp³-hybridized carbons (Fsp3) is 0.400. The number of amides is 2. The molecule has 2 aromatic carbocycles. The second-order valence-electron chi connectivity index (χ2n) is 10.3. The minimum absolute atomic E-state index is 0.0939. The highest BCUT2D eigenvalue weighted by molar-refractivity contribution is 7.99. The van der Waals surface area contributed by atoms with Crippen LogP contribution in [0.25, 0.3) is 0 Å². The van der Waals surface area contributed by atoms with E-state index in [0.29, 0.717) is 23.7 Å². The maximum Gasteiger partial charge on any atom is 0.250 e. The van der Waals surface area contributed by atoms with E-state index in [2.05, 4.69) is 15.3 Å². The standard InChI is InChI=1S/C30H36FN5O2S/c1-21-18-22(2)33-29(32-21)39-20-27(37)36(19-23-8-10-24(31)11-9-23)30(16-6-5-7-17-30)28(38)34-25-12-14-26(15-13-25)35(3)4/h8-15,18H,5-7,16-17,19-20H2,1-4H3,(H,34,38). The summed E-state index contributed by atoms with van der Waals surface area (Å²) in [6.07, 6.45) is 3.82. The number of rotatable bonds is 9. The van der Waals surface area contributed by atoms with E-state index in [1.807, 2.05) is 63.2 Å². The second kappa shape index (κ2) is 12.6. The lowest BCUT2D eigenvalue weighted by molar-refractivity contribution is -0.146. The van der Waals surface area contributed by atoms with Crippen LogP contribution in [0.5, 0.6) is 0 Å². The van der Waals surface area contributed by atoms with Gasteiger partial charge in [0.05, 0.1) is 5.75 Å². The Labute approximate surface area is 234 Å². The first-order chi connectivity index (χ1) is 18.7. The number of carbonyl (C=O) groups excluding carboxylic acids is 2. The van der Waals surface area contributed by atoms with Crippen molar-refractivity contribution in [2.24, 2.45) is 0 Å². The third kappa shape index (κ3) is 7.15. The molecule has 7 nitrogen and oxygen atoms in total. The van der Waals surface area contributed by atoms with E-state index in [0.717, 1.165) is 41.9 Å². The fourth-order valence-corrected chi connectivity index (χ4v) is 5.88. The number of benzene rings is 2. The van der Waals surface area contributed by atoms with Crippen LogP contribution in [0.15, 0.2) is 59.8 Å². The highest BCUT2D eigenvalue weighted by Crippen LogP contribution is 2.37. The molecule has 0 aliphatic heterocycles. The van der Waals surface area contributed by atoms with E-state index in [-0.39, 0.29) is 29.9 Å². The van der Waals surface area contributed by atoms with E-state index < -0.39 is 5.54 Å². The number of nitrogens with one attached hydrogen (secondary N) is 1. The molecule has 9 heteroatoms. The number of hydrogen-bond donors (Lipinski definition) is 1. The SMILES string of the molecule is Cc1cc(C)nc(SCC(=O)N(Cc2ccc(F)cc2)C2(C(=O)Nc3ccc(N(C)C)cc3)CCCCC2)n1. The second-order valence-corrected chi connectivity index (χ2v) is 11.3. The number of aromatic nitrogens is 2. The number of carbonyl (C=O) groups is 2. The smallest absolute Gasteiger partial charge is 0.250 e. The summed E-state index contributed by atoms with van der Waals surface area (Å²) in [6, 6.07) is 15.7. The summed E-state index contributed by atoms with van der Waals surface area (Å²) in [5, 5.41) is 3.63. The zero-order valence-electron chi connectivity index (χ0n) is 23.0. The van der Waals surface area contributed by atoms with Crippen LogP contribution in [-0.2, 0) is 16.1 Å². The molecule has 1 aromatic heterocycles. The van der Waals surface area contributed by atoms with Gasteiger partial charge in [0.1, 0.15) is 11.4 Å². The summed E-state index contributed by atoms with van der Waals surface area (Å²) in [7, 11) is 3.93. The molecule has 1 N–H and O–H groups in total. The van der Waals surface area contributed by atoms with Crippen molar-refractivity contribution in [1.82, 2.24) is 14.9 Å². The number of anilines is 2. The number of halogens is 1. The zero-order chi connectivity index (χ0) is 28.0. The minimum Gasteiger partial charge on any atom is -0.378 e. The summed E-state index contributed by atoms with van der Waals surface area (Å²) in [6.45, 7) is 4.00. The Bertz CT molecular complexity index is 1270. The van der Waals surface area contributed by atoms with Crippen LogP contribution in [-0.4, -0.2) is 52.1 Å². The highest BCUT2D eigenvalue weighted by atomic mass is 32.2. The summed E-state index contributed by atoms with van der Waals surface area (Å²) in [5.41, 5.74) is 3.13. The first-order valence-corrected chi connectivity index (χ1v) is 14.2. The molecule has 1 aliphatic carbocycles. The summed E-state index contributed by atoms with van der Waals surface area (Å²) in [4.78, 5) is 40.6. The fourth-order valence-electron chi connectivity index (χ4n) is 5.06. The van der Waals surface area contributed by atoms with Crippen molar-refractivity contribution >= 4 is 35.0 Å². The maximum absolute atomic E-state index is 14.1. The van der Waals surface area contributed by atoms with E-state index in [4.69, 9.17) is 0 Å². The summed E-state index contributed by atoms with van der Waals surface area (Å²) in [5.74, 6) is -0.614. The van der Waals surface area contributed by atoms with Crippen LogP contribution >= 0.6 is 11.8 Å². The van der Waals surface area contributed by atoms with E-state index in [1.165, 1.54) is 23.9 Å². The van der Waals surface area contributed by atoms with Crippen molar-refractivity contribution in [3.8, 4) is 0 Å². The van der Waals surface area contributed by atoms with Gasteiger partial charge in [-0.3, -0.25) is 9.59 Å². The van der Waals surface area contributed by atoms with Gasteiger partial charge >= 0.3 is 0 Å². The molecule has 39 heavy (non-hydrogen) atoms. The maximum atomic E-state index is 14.1. The molecule has 1 saturated carbocycles. The average molecular weight is 550 g/mol. The summed E-state index contributed by atoms with van der Waals surface area (Å²) < 4.78 is 13.7. The molecule has 206 valence electrons. The van der Waals surface area contributed by atoms with Crippen molar-refractivity contribution < 1.29 is 14.0 Å². The molecule has 4 rings (SSSR count). The van der Waals surface area contributed by atoms with Gasteiger partial charge in [0.15, 0.2) is 5.16 Å². The van der Waals surface area contributed by atoms with Gasteiger partial charge in [0, 0.05) is 43.4 Å². The molecule has 3 aromatic rings. The lowest BCUT2D eigenvalue weighted by atomic mass is 9.79. The molecule has 1 heterocycles. The molecule has 0 atom stereocenters. The van der Waals surface area contributed by atoms with Gasteiger partial charge in [-0.2, -0.15) is 0 Å². The normalized spacial score (nSPS) is 14.5. The molecule has 2 amide bonds. The quantitative estimate of drug-likeness (QED) is 0.270. The molecule has 0 unspecified atom stereocenters. The Hall–Kier alpha value is -3.46. The summed E-state index contributed by atoms with van der Waals surface area (Å²) >= 11 is 1.27. The van der Waals surface area contributed by atoms with Crippen molar-refractivity contribution in [3.63, 3.8) is 0 Å². The van der Waals surface area contributed by atoms with E-state index >= 15 is 0 Å². The van der Waals surface area contributed by atoms with Crippen LogP contribution in [0.2, 0.25) is 0 Å². The van der Waals surface area contributed by atoms with Crippen LogP contribution in [0.3, 0.4) is 0 Å². The van der Waals surface area contributed by atoms with Gasteiger partial charge in [0.2, 0.25) is 11.8 Å². The van der Waals surface area contributed by atoms with Crippen LogP contribution in [0.1, 0.15) is 49.1 Å². The Morgan fingerprint density at radius 1 is 0.949 bits per heavy atom. The highest BCUT2D eigenvalue weighted by Gasteiger charge is 2.47.